The first-order chi connectivity index (χ1) is 8.61. The van der Waals surface area contributed by atoms with Gasteiger partial charge in [-0.25, -0.2) is 0 Å². The summed E-state index contributed by atoms with van der Waals surface area (Å²) in [5.41, 5.74) is 4.89. The second-order valence-corrected chi connectivity index (χ2v) is 3.52. The molecule has 0 aliphatic carbocycles. The molecule has 6 nitrogen and oxygen atoms in total. The largest absolute Gasteiger partial charge is 0.497 e. The van der Waals surface area contributed by atoms with Gasteiger partial charge in [-0.3, -0.25) is 9.59 Å². The van der Waals surface area contributed by atoms with Crippen molar-refractivity contribution in [2.75, 3.05) is 20.3 Å². The summed E-state index contributed by atoms with van der Waals surface area (Å²) >= 11 is 0. The summed E-state index contributed by atoms with van der Waals surface area (Å²) in [6.07, 6.45) is 0.166. The first-order valence-corrected chi connectivity index (χ1v) is 5.43. The van der Waals surface area contributed by atoms with E-state index in [0.717, 1.165) is 5.75 Å². The van der Waals surface area contributed by atoms with Crippen molar-refractivity contribution in [2.45, 2.75) is 6.42 Å². The van der Waals surface area contributed by atoms with Gasteiger partial charge in [-0.1, -0.05) is 0 Å². The van der Waals surface area contributed by atoms with Crippen molar-refractivity contribution in [2.24, 2.45) is 5.73 Å². The van der Waals surface area contributed by atoms with Gasteiger partial charge in [0.2, 0.25) is 11.8 Å². The van der Waals surface area contributed by atoms with Gasteiger partial charge >= 0.3 is 0 Å². The van der Waals surface area contributed by atoms with E-state index in [0.29, 0.717) is 5.75 Å². The fourth-order valence-corrected chi connectivity index (χ4v) is 1.21. The molecule has 0 aromatic heterocycles. The minimum absolute atomic E-state index is 0.151. The molecule has 1 rings (SSSR count). The van der Waals surface area contributed by atoms with Crippen LogP contribution in [0.25, 0.3) is 0 Å². The van der Waals surface area contributed by atoms with Gasteiger partial charge in [0, 0.05) is 0 Å². The van der Waals surface area contributed by atoms with Gasteiger partial charge in [-0.15, -0.1) is 0 Å². The highest BCUT2D eigenvalue weighted by atomic mass is 16.5. The quantitative estimate of drug-likeness (QED) is 0.718. The fourth-order valence-electron chi connectivity index (χ4n) is 1.21. The van der Waals surface area contributed by atoms with Crippen LogP contribution >= 0.6 is 0 Å². The Balaban J connectivity index is 2.24. The molecular weight excluding hydrogens is 236 g/mol. The lowest BCUT2D eigenvalue weighted by Gasteiger charge is -2.07. The van der Waals surface area contributed by atoms with Crippen molar-refractivity contribution in [3.8, 4) is 11.5 Å². The molecule has 6 heteroatoms. The molecule has 0 radical (unpaired) electrons. The highest BCUT2D eigenvalue weighted by Crippen LogP contribution is 2.16. The van der Waals surface area contributed by atoms with E-state index >= 15 is 0 Å². The van der Waals surface area contributed by atoms with Gasteiger partial charge in [0.05, 0.1) is 26.7 Å². The van der Waals surface area contributed by atoms with Crippen LogP contribution in [0.15, 0.2) is 24.3 Å². The number of nitrogens with two attached hydrogens (primary N) is 1. The Kier molecular flexibility index (Phi) is 5.50. The number of ether oxygens (including phenoxy) is 2. The number of hydrogen-bond donors (Lipinski definition) is 2. The first-order valence-electron chi connectivity index (χ1n) is 5.43. The molecule has 2 amide bonds. The third-order valence-electron chi connectivity index (χ3n) is 2.12. The van der Waals surface area contributed by atoms with Crippen molar-refractivity contribution < 1.29 is 19.1 Å². The molecule has 18 heavy (non-hydrogen) atoms. The molecule has 3 N–H and O–H groups in total. The maximum Gasteiger partial charge on any atom is 0.236 e. The zero-order chi connectivity index (χ0) is 13.4. The lowest BCUT2D eigenvalue weighted by atomic mass is 10.3. The van der Waals surface area contributed by atoms with Gasteiger partial charge in [0.1, 0.15) is 11.5 Å². The van der Waals surface area contributed by atoms with Gasteiger partial charge < -0.3 is 20.5 Å². The van der Waals surface area contributed by atoms with Crippen molar-refractivity contribution in [1.29, 1.82) is 0 Å². The van der Waals surface area contributed by atoms with Crippen molar-refractivity contribution in [3.05, 3.63) is 24.3 Å². The maximum atomic E-state index is 11.2. The van der Waals surface area contributed by atoms with E-state index in [-0.39, 0.29) is 25.5 Å². The van der Waals surface area contributed by atoms with Gasteiger partial charge in [-0.2, -0.15) is 0 Å². The number of methoxy groups -OCH3 is 1. The van der Waals surface area contributed by atoms with Crippen molar-refractivity contribution in [1.82, 2.24) is 5.32 Å². The molecule has 1 aromatic rings. The summed E-state index contributed by atoms with van der Waals surface area (Å²) in [4.78, 5) is 21.6. The molecule has 0 saturated carbocycles. The Morgan fingerprint density at radius 3 is 2.39 bits per heavy atom. The standard InChI is InChI=1S/C12H16N2O4/c1-17-9-2-4-10(5-3-9)18-7-6-12(16)14-8-11(13)15/h2-5H,6-8H2,1H3,(H2,13,15)(H,14,16). The lowest BCUT2D eigenvalue weighted by molar-refractivity contribution is -0.125. The Bertz CT molecular complexity index is 403. The summed E-state index contributed by atoms with van der Waals surface area (Å²) in [5.74, 6) is 0.543. The van der Waals surface area contributed by atoms with Crippen LogP contribution in [0.3, 0.4) is 0 Å². The maximum absolute atomic E-state index is 11.2. The molecule has 0 aliphatic rings. The summed E-state index contributed by atoms with van der Waals surface area (Å²) in [7, 11) is 1.58. The molecular formula is C12H16N2O4. The Hall–Kier alpha value is -2.24. The number of nitrogens with one attached hydrogen (secondary N) is 1. The topological polar surface area (TPSA) is 90.7 Å². The predicted molar refractivity (Wildman–Crippen MR) is 65.3 cm³/mol. The van der Waals surface area contributed by atoms with Gasteiger partial charge in [0.25, 0.3) is 0 Å². The lowest BCUT2D eigenvalue weighted by Crippen LogP contribution is -2.33. The first kappa shape index (κ1) is 13.8. The SMILES string of the molecule is COc1ccc(OCCC(=O)NCC(N)=O)cc1. The normalized spacial score (nSPS) is 9.61. The van der Waals surface area contributed by atoms with E-state index in [2.05, 4.69) is 5.32 Å². The highest BCUT2D eigenvalue weighted by Gasteiger charge is 2.03. The Labute approximate surface area is 105 Å². The summed E-state index contributed by atoms with van der Waals surface area (Å²) < 4.78 is 10.4. The van der Waals surface area contributed by atoms with Crippen molar-refractivity contribution in [3.63, 3.8) is 0 Å². The third-order valence-corrected chi connectivity index (χ3v) is 2.12. The average Bonchev–Trinajstić information content (AvgIpc) is 2.37. The molecule has 1 aromatic carbocycles. The number of hydrogen-bond acceptors (Lipinski definition) is 4. The number of rotatable bonds is 7. The molecule has 0 spiro atoms. The smallest absolute Gasteiger partial charge is 0.236 e. The molecule has 0 aliphatic heterocycles. The van der Waals surface area contributed by atoms with E-state index in [1.54, 1.807) is 31.4 Å². The van der Waals surface area contributed by atoms with E-state index in [1.165, 1.54) is 0 Å². The zero-order valence-electron chi connectivity index (χ0n) is 10.1. The van der Waals surface area contributed by atoms with Gasteiger partial charge in [-0.05, 0) is 24.3 Å². The van der Waals surface area contributed by atoms with Gasteiger partial charge in [0.15, 0.2) is 0 Å². The number of carbonyl (C=O) groups excluding carboxylic acids is 2. The Morgan fingerprint density at radius 1 is 1.22 bits per heavy atom. The van der Waals surface area contributed by atoms with Crippen LogP contribution in [0.2, 0.25) is 0 Å². The van der Waals surface area contributed by atoms with Crippen LogP contribution in [-0.2, 0) is 9.59 Å². The van der Waals surface area contributed by atoms with E-state index in [9.17, 15) is 9.59 Å². The minimum atomic E-state index is -0.570. The van der Waals surface area contributed by atoms with Crippen molar-refractivity contribution >= 4 is 11.8 Å². The Morgan fingerprint density at radius 2 is 1.83 bits per heavy atom. The zero-order valence-corrected chi connectivity index (χ0v) is 10.1. The molecule has 0 saturated heterocycles. The second kappa shape index (κ2) is 7.16. The number of carbonyl (C=O) groups is 2. The van der Waals surface area contributed by atoms with Crippen LogP contribution < -0.4 is 20.5 Å². The molecule has 0 heterocycles. The average molecular weight is 252 g/mol. The summed E-state index contributed by atoms with van der Waals surface area (Å²) in [6, 6.07) is 7.03. The van der Waals surface area contributed by atoms with Crippen LogP contribution in [0, 0.1) is 0 Å². The van der Waals surface area contributed by atoms with E-state index in [4.69, 9.17) is 15.2 Å². The number of primary amides is 1. The minimum Gasteiger partial charge on any atom is -0.497 e. The third kappa shape index (κ3) is 5.20. The molecule has 0 bridgehead atoms. The fraction of sp³-hybridized carbons (Fsp3) is 0.333. The highest BCUT2D eigenvalue weighted by molar-refractivity contribution is 5.83. The molecule has 0 unspecified atom stereocenters. The van der Waals surface area contributed by atoms with E-state index < -0.39 is 5.91 Å². The molecule has 0 atom stereocenters. The van der Waals surface area contributed by atoms with Crippen LogP contribution in [0.1, 0.15) is 6.42 Å². The second-order valence-electron chi connectivity index (χ2n) is 3.52. The summed E-state index contributed by atoms with van der Waals surface area (Å²) in [5, 5.41) is 2.37. The predicted octanol–water partition coefficient (Wildman–Crippen LogP) is 0.0656. The number of amides is 2. The van der Waals surface area contributed by atoms with Crippen LogP contribution in [0.5, 0.6) is 11.5 Å². The monoisotopic (exact) mass is 252 g/mol. The van der Waals surface area contributed by atoms with Crippen LogP contribution in [-0.4, -0.2) is 32.1 Å². The molecule has 98 valence electrons. The van der Waals surface area contributed by atoms with Crippen LogP contribution in [0.4, 0.5) is 0 Å². The van der Waals surface area contributed by atoms with E-state index in [1.807, 2.05) is 0 Å². The number of benzene rings is 1. The summed E-state index contributed by atoms with van der Waals surface area (Å²) in [6.45, 7) is 0.0816. The molecule has 0 fully saturated rings.